The second kappa shape index (κ2) is 10.7. The zero-order valence-corrected chi connectivity index (χ0v) is 23.8. The van der Waals surface area contributed by atoms with Crippen molar-refractivity contribution in [2.45, 2.75) is 44.0 Å². The molecule has 2 aromatic heterocycles. The Morgan fingerprint density at radius 1 is 0.923 bits per heavy atom. The zero-order chi connectivity index (χ0) is 28.5. The number of aromatic nitrogens is 4. The fourth-order valence-corrected chi connectivity index (χ4v) is 5.68. The number of anilines is 1. The van der Waals surface area contributed by atoms with Crippen LogP contribution in [0, 0.1) is 0 Å². The summed E-state index contributed by atoms with van der Waals surface area (Å²) in [6.07, 6.45) is -4.77. The molecule has 0 aliphatic heterocycles. The summed E-state index contributed by atoms with van der Waals surface area (Å²) in [5.41, 5.74) is 2.32. The molecule has 8 nitrogen and oxygen atoms in total. The number of benzene rings is 2. The van der Waals surface area contributed by atoms with Gasteiger partial charge in [-0.3, -0.25) is 0 Å². The summed E-state index contributed by atoms with van der Waals surface area (Å²) in [6, 6.07) is 17.4. The van der Waals surface area contributed by atoms with E-state index in [2.05, 4.69) is 15.4 Å². The molecule has 0 aliphatic rings. The summed E-state index contributed by atoms with van der Waals surface area (Å²) in [5.74, 6) is -1.79. The average Bonchev–Trinajstić information content (AvgIpc) is 3.47. The van der Waals surface area contributed by atoms with Gasteiger partial charge in [0.15, 0.2) is 0 Å². The second-order valence-corrected chi connectivity index (χ2v) is 14.4. The van der Waals surface area contributed by atoms with Crippen molar-refractivity contribution in [2.75, 3.05) is 5.32 Å². The number of hydrogen-bond donors (Lipinski definition) is 1. The number of para-hydroxylation sites is 2. The van der Waals surface area contributed by atoms with Crippen molar-refractivity contribution in [2.24, 2.45) is 0 Å². The van der Waals surface area contributed by atoms with Crippen LogP contribution in [0.5, 0.6) is 0 Å². The molecule has 12 heteroatoms. The van der Waals surface area contributed by atoms with E-state index in [1.165, 1.54) is 12.1 Å². The molecule has 0 unspecified atom stereocenters. The van der Waals surface area contributed by atoms with Crippen LogP contribution in [-0.2, 0) is 10.9 Å². The fraction of sp³-hybridized carbons (Fsp3) is 0.259. The quantitative estimate of drug-likeness (QED) is 0.241. The molecule has 0 fully saturated rings. The first kappa shape index (κ1) is 28.2. The molecule has 1 N–H and O–H groups in total. The van der Waals surface area contributed by atoms with Crippen LogP contribution in [0.2, 0.25) is 11.4 Å². The monoisotopic (exact) mass is 601 g/mol. The number of esters is 1. The minimum atomic E-state index is -4.77. The van der Waals surface area contributed by atoms with Gasteiger partial charge in [-0.15, -0.1) is 0 Å². The Kier molecular flexibility index (Phi) is 7.75. The summed E-state index contributed by atoms with van der Waals surface area (Å²) < 4.78 is 50.0. The molecular formula is C27H27AsF3N5O3. The van der Waals surface area contributed by atoms with Crippen LogP contribution in [0.1, 0.15) is 47.4 Å². The van der Waals surface area contributed by atoms with Gasteiger partial charge in [0.2, 0.25) is 0 Å². The van der Waals surface area contributed by atoms with E-state index in [0.717, 1.165) is 0 Å². The van der Waals surface area contributed by atoms with Gasteiger partial charge < -0.3 is 0 Å². The van der Waals surface area contributed by atoms with E-state index in [1.54, 1.807) is 67.8 Å². The Morgan fingerprint density at radius 2 is 1.49 bits per heavy atom. The van der Waals surface area contributed by atoms with Gasteiger partial charge in [0.1, 0.15) is 0 Å². The molecule has 0 radical (unpaired) electrons. The van der Waals surface area contributed by atoms with Gasteiger partial charge in [-0.25, -0.2) is 0 Å². The molecule has 2 heterocycles. The van der Waals surface area contributed by atoms with E-state index in [0.29, 0.717) is 21.0 Å². The Balaban J connectivity index is 1.83. The molecule has 0 spiro atoms. The molecule has 0 saturated carbocycles. The predicted molar refractivity (Wildman–Crippen MR) is 142 cm³/mol. The predicted octanol–water partition coefficient (Wildman–Crippen LogP) is 5.25. The van der Waals surface area contributed by atoms with Crippen LogP contribution in [-0.4, -0.2) is 51.5 Å². The van der Waals surface area contributed by atoms with Crippen molar-refractivity contribution < 1.29 is 27.5 Å². The average molecular weight is 601 g/mol. The van der Waals surface area contributed by atoms with E-state index >= 15 is 0 Å². The Labute approximate surface area is 228 Å². The number of rotatable bonds is 6. The van der Waals surface area contributed by atoms with Crippen LogP contribution in [0.3, 0.4) is 0 Å². The maximum atomic E-state index is 13.8. The standard InChI is InChI=1S/C27H27AsF3N5O3/c1-26(2,3)39-24(38)21-22(33-25(28(4)5)35(21)17-12-8-6-9-13-17)32-23(37)19-16-20(27(29,30)31)36(34-19)18-14-10-7-11-15-18/h6-16H,1-5H3,(H,32,37). The van der Waals surface area contributed by atoms with Gasteiger partial charge in [0.25, 0.3) is 0 Å². The summed E-state index contributed by atoms with van der Waals surface area (Å²) in [4.78, 5) is 31.3. The van der Waals surface area contributed by atoms with Gasteiger partial charge in [-0.1, -0.05) is 0 Å². The van der Waals surface area contributed by atoms with Crippen LogP contribution in [0.15, 0.2) is 66.7 Å². The summed E-state index contributed by atoms with van der Waals surface area (Å²) in [7, 11) is 0. The van der Waals surface area contributed by atoms with Gasteiger partial charge >= 0.3 is 228 Å². The van der Waals surface area contributed by atoms with Crippen molar-refractivity contribution in [3.63, 3.8) is 0 Å². The number of nitrogens with one attached hydrogen (secondary N) is 1. The molecule has 0 bridgehead atoms. The van der Waals surface area contributed by atoms with E-state index in [-0.39, 0.29) is 17.2 Å². The first-order valence-electron chi connectivity index (χ1n) is 11.9. The summed E-state index contributed by atoms with van der Waals surface area (Å²) in [6.45, 7) is 5.12. The van der Waals surface area contributed by atoms with Gasteiger partial charge in [-0.2, -0.15) is 0 Å². The number of halogens is 3. The maximum absolute atomic E-state index is 13.8. The summed E-state index contributed by atoms with van der Waals surface area (Å²) in [5, 5.41) is 6.47. The third kappa shape index (κ3) is 6.25. The Hall–Kier alpha value is -3.85. The van der Waals surface area contributed by atoms with Gasteiger partial charge in [-0.05, 0) is 0 Å². The van der Waals surface area contributed by atoms with Crippen molar-refractivity contribution in [1.29, 1.82) is 0 Å². The molecule has 4 rings (SSSR count). The number of amides is 1. The number of carbonyl (C=O) groups excluding carboxylic acids is 2. The Bertz CT molecular complexity index is 1490. The van der Waals surface area contributed by atoms with Crippen LogP contribution >= 0.6 is 0 Å². The molecule has 0 atom stereocenters. The van der Waals surface area contributed by atoms with Crippen molar-refractivity contribution >= 4 is 37.0 Å². The first-order chi connectivity index (χ1) is 18.3. The molecule has 1 amide bonds. The molecule has 4 aromatic rings. The van der Waals surface area contributed by atoms with Crippen LogP contribution in [0.25, 0.3) is 11.4 Å². The first-order valence-corrected chi connectivity index (χ1v) is 16.6. The fourth-order valence-electron chi connectivity index (χ4n) is 3.76. The van der Waals surface area contributed by atoms with Gasteiger partial charge in [0, 0.05) is 0 Å². The normalized spacial score (nSPS) is 12.0. The van der Waals surface area contributed by atoms with Crippen molar-refractivity contribution in [1.82, 2.24) is 19.3 Å². The minimum absolute atomic E-state index is 0.0268. The van der Waals surface area contributed by atoms with Crippen LogP contribution < -0.4 is 9.93 Å². The van der Waals surface area contributed by atoms with E-state index in [9.17, 15) is 22.8 Å². The molecule has 0 saturated heterocycles. The topological polar surface area (TPSA) is 91.0 Å². The van der Waals surface area contributed by atoms with E-state index in [1.807, 2.05) is 17.5 Å². The van der Waals surface area contributed by atoms with Crippen LogP contribution in [0.4, 0.5) is 19.0 Å². The van der Waals surface area contributed by atoms with E-state index in [4.69, 9.17) is 4.74 Å². The summed E-state index contributed by atoms with van der Waals surface area (Å²) >= 11 is -1.78. The number of imidazole rings is 1. The van der Waals surface area contributed by atoms with E-state index < -0.39 is 49.7 Å². The third-order valence-corrected chi connectivity index (χ3v) is 7.64. The third-order valence-electron chi connectivity index (χ3n) is 5.33. The molecule has 0 aliphatic carbocycles. The number of carbonyl (C=O) groups is 2. The molecule has 2 aromatic carbocycles. The Morgan fingerprint density at radius 3 is 2.00 bits per heavy atom. The number of alkyl halides is 3. The van der Waals surface area contributed by atoms with Crippen molar-refractivity contribution in [3.8, 4) is 11.4 Å². The molecular weight excluding hydrogens is 574 g/mol. The zero-order valence-electron chi connectivity index (χ0n) is 21.9. The molecule has 204 valence electrons. The van der Waals surface area contributed by atoms with Crippen molar-refractivity contribution in [3.05, 3.63) is 83.8 Å². The molecule has 39 heavy (non-hydrogen) atoms. The number of hydrogen-bond acceptors (Lipinski definition) is 5. The second-order valence-electron chi connectivity index (χ2n) is 9.79. The number of nitrogens with zero attached hydrogens (tertiary/aromatic N) is 4. The SMILES string of the molecule is C[As](C)c1nc(NC(=O)c2cc(C(F)(F)F)n(-c3ccccc3)n2)c(C(=O)OC(C)(C)C)n1-c1ccccc1. The number of ether oxygens (including phenoxy) is 1. The van der Waals surface area contributed by atoms with Gasteiger partial charge in [0.05, 0.1) is 0 Å².